The van der Waals surface area contributed by atoms with Gasteiger partial charge in [0.15, 0.2) is 0 Å². The molecule has 4 rings (SSSR count). The van der Waals surface area contributed by atoms with Gasteiger partial charge >= 0.3 is 0 Å². The second-order valence-corrected chi connectivity index (χ2v) is 7.11. The van der Waals surface area contributed by atoms with Crippen LogP contribution in [0, 0.1) is 0 Å². The van der Waals surface area contributed by atoms with E-state index in [1.165, 1.54) is 6.33 Å². The molecule has 7 nitrogen and oxygen atoms in total. The number of anilines is 1. The maximum Gasteiger partial charge on any atom is 0.255 e. The van der Waals surface area contributed by atoms with Crippen LogP contribution < -0.4 is 14.8 Å². The summed E-state index contributed by atoms with van der Waals surface area (Å²) in [6, 6.07) is 19.8. The number of unbranched alkanes of at least 4 members (excludes halogenated alkanes) is 1. The Kier molecular flexibility index (Phi) is 6.77. The number of amides is 1. The molecule has 0 saturated heterocycles. The number of aromatic nitrogens is 3. The van der Waals surface area contributed by atoms with Crippen LogP contribution in [0.1, 0.15) is 30.1 Å². The topological polar surface area (TPSA) is 78.3 Å². The second-order valence-electron chi connectivity index (χ2n) is 7.11. The van der Waals surface area contributed by atoms with Crippen molar-refractivity contribution in [2.75, 3.05) is 11.9 Å². The van der Waals surface area contributed by atoms with Crippen molar-refractivity contribution in [1.29, 1.82) is 0 Å². The van der Waals surface area contributed by atoms with Gasteiger partial charge in [0.25, 0.3) is 5.91 Å². The fourth-order valence-electron chi connectivity index (χ4n) is 2.98. The molecule has 4 aromatic rings. The Balaban J connectivity index is 1.35. The van der Waals surface area contributed by atoms with Crippen LogP contribution in [0.5, 0.6) is 17.4 Å². The molecule has 1 N–H and O–H groups in total. The van der Waals surface area contributed by atoms with E-state index in [9.17, 15) is 4.79 Å². The highest BCUT2D eigenvalue weighted by Crippen LogP contribution is 2.23. The van der Waals surface area contributed by atoms with Crippen LogP contribution in [-0.2, 0) is 0 Å². The van der Waals surface area contributed by atoms with Crippen molar-refractivity contribution < 1.29 is 14.3 Å². The van der Waals surface area contributed by atoms with Crippen LogP contribution in [0.3, 0.4) is 0 Å². The third kappa shape index (κ3) is 5.51. The van der Waals surface area contributed by atoms with Crippen molar-refractivity contribution in [2.24, 2.45) is 0 Å². The Labute approximate surface area is 186 Å². The molecule has 0 bridgehead atoms. The summed E-state index contributed by atoms with van der Waals surface area (Å²) < 4.78 is 13.3. The van der Waals surface area contributed by atoms with Crippen LogP contribution >= 0.6 is 0 Å². The fraction of sp³-hybridized carbons (Fsp3) is 0.160. The summed E-state index contributed by atoms with van der Waals surface area (Å²) in [7, 11) is 0. The van der Waals surface area contributed by atoms with Gasteiger partial charge in [-0.25, -0.2) is 9.97 Å². The van der Waals surface area contributed by atoms with Crippen molar-refractivity contribution in [2.45, 2.75) is 19.8 Å². The molecule has 1 amide bonds. The summed E-state index contributed by atoms with van der Waals surface area (Å²) in [4.78, 5) is 20.9. The molecule has 2 aromatic heterocycles. The molecule has 0 spiro atoms. The molecule has 0 unspecified atom stereocenters. The molecule has 32 heavy (non-hydrogen) atoms. The van der Waals surface area contributed by atoms with Gasteiger partial charge in [0.05, 0.1) is 6.61 Å². The summed E-state index contributed by atoms with van der Waals surface area (Å²) in [5.74, 6) is 2.33. The Bertz CT molecular complexity index is 1140. The molecule has 0 radical (unpaired) electrons. The maximum absolute atomic E-state index is 12.5. The first-order chi connectivity index (χ1) is 15.7. The van der Waals surface area contributed by atoms with E-state index in [0.717, 1.165) is 18.6 Å². The third-order valence-electron chi connectivity index (χ3n) is 4.71. The van der Waals surface area contributed by atoms with E-state index < -0.39 is 0 Å². The van der Waals surface area contributed by atoms with E-state index in [-0.39, 0.29) is 5.91 Å². The summed E-state index contributed by atoms with van der Waals surface area (Å²) >= 11 is 0. The van der Waals surface area contributed by atoms with E-state index in [2.05, 4.69) is 22.2 Å². The molecule has 2 aromatic carbocycles. The fourth-order valence-corrected chi connectivity index (χ4v) is 2.98. The van der Waals surface area contributed by atoms with Crippen LogP contribution in [0.25, 0.3) is 5.82 Å². The van der Waals surface area contributed by atoms with Crippen molar-refractivity contribution >= 4 is 11.6 Å². The Hall–Kier alpha value is -4.13. The molecule has 0 aliphatic heterocycles. The molecule has 0 aliphatic rings. The summed E-state index contributed by atoms with van der Waals surface area (Å²) in [5.41, 5.74) is 1.23. The predicted octanol–water partition coefficient (Wildman–Crippen LogP) is 5.49. The van der Waals surface area contributed by atoms with E-state index in [1.54, 1.807) is 42.5 Å². The second kappa shape index (κ2) is 10.3. The molecule has 0 fully saturated rings. The lowest BCUT2D eigenvalue weighted by molar-refractivity contribution is 0.102. The minimum Gasteiger partial charge on any atom is -0.494 e. The molecular formula is C25H24N4O3. The van der Waals surface area contributed by atoms with Gasteiger partial charge in [-0.05, 0) is 67.1 Å². The number of nitrogens with one attached hydrogen (secondary N) is 1. The molecule has 7 heteroatoms. The molecular weight excluding hydrogens is 404 g/mol. The minimum atomic E-state index is -0.189. The van der Waals surface area contributed by atoms with Crippen LogP contribution in [0.2, 0.25) is 0 Å². The van der Waals surface area contributed by atoms with Gasteiger partial charge in [-0.15, -0.1) is 0 Å². The Morgan fingerprint density at radius 2 is 1.69 bits per heavy atom. The highest BCUT2D eigenvalue weighted by atomic mass is 16.5. The maximum atomic E-state index is 12.5. The summed E-state index contributed by atoms with van der Waals surface area (Å²) in [5, 5.41) is 2.88. The van der Waals surface area contributed by atoms with Crippen LogP contribution in [0.4, 0.5) is 5.69 Å². The smallest absolute Gasteiger partial charge is 0.255 e. The first-order valence-electron chi connectivity index (χ1n) is 10.5. The average Bonchev–Trinajstić information content (AvgIpc) is 3.36. The number of hydrogen-bond acceptors (Lipinski definition) is 5. The lowest BCUT2D eigenvalue weighted by Crippen LogP contribution is -2.11. The normalized spacial score (nSPS) is 10.5. The number of carbonyl (C=O) groups is 1. The minimum absolute atomic E-state index is 0.189. The van der Waals surface area contributed by atoms with Gasteiger partial charge in [0, 0.05) is 29.7 Å². The van der Waals surface area contributed by atoms with Crippen molar-refractivity contribution in [1.82, 2.24) is 14.5 Å². The average molecular weight is 428 g/mol. The molecule has 2 heterocycles. The van der Waals surface area contributed by atoms with Gasteiger partial charge in [-0.2, -0.15) is 0 Å². The highest BCUT2D eigenvalue weighted by Gasteiger charge is 2.08. The first-order valence-corrected chi connectivity index (χ1v) is 10.5. The zero-order valence-electron chi connectivity index (χ0n) is 17.8. The molecule has 162 valence electrons. The zero-order chi connectivity index (χ0) is 22.2. The van der Waals surface area contributed by atoms with Gasteiger partial charge in [-0.1, -0.05) is 13.3 Å². The third-order valence-corrected chi connectivity index (χ3v) is 4.71. The Morgan fingerprint density at radius 1 is 0.969 bits per heavy atom. The monoisotopic (exact) mass is 428 g/mol. The van der Waals surface area contributed by atoms with Crippen molar-refractivity contribution in [3.8, 4) is 23.2 Å². The molecule has 0 saturated carbocycles. The molecule has 0 aliphatic carbocycles. The number of ether oxygens (including phenoxy) is 2. The summed E-state index contributed by atoms with van der Waals surface area (Å²) in [6.45, 7) is 2.80. The van der Waals surface area contributed by atoms with Crippen LogP contribution in [-0.4, -0.2) is 27.0 Å². The van der Waals surface area contributed by atoms with Gasteiger partial charge in [0.1, 0.15) is 23.6 Å². The van der Waals surface area contributed by atoms with Gasteiger partial charge in [-0.3, -0.25) is 4.79 Å². The van der Waals surface area contributed by atoms with E-state index in [1.807, 2.05) is 41.2 Å². The molecule has 0 atom stereocenters. The first kappa shape index (κ1) is 21.1. The quantitative estimate of drug-likeness (QED) is 0.357. The van der Waals surface area contributed by atoms with E-state index in [0.29, 0.717) is 35.3 Å². The van der Waals surface area contributed by atoms with Crippen LogP contribution in [0.15, 0.2) is 85.5 Å². The van der Waals surface area contributed by atoms with E-state index in [4.69, 9.17) is 9.47 Å². The lowest BCUT2D eigenvalue weighted by Gasteiger charge is -2.09. The lowest BCUT2D eigenvalue weighted by atomic mass is 10.2. The standard InChI is InChI=1S/C25H24N4O3/c1-2-3-16-31-21-10-6-19(7-11-21)25(30)28-20-8-12-22(13-9-20)32-24-17-23(26-18-27-24)29-14-4-5-15-29/h4-15,17-18H,2-3,16H2,1H3,(H,28,30). The highest BCUT2D eigenvalue weighted by molar-refractivity contribution is 6.04. The van der Waals surface area contributed by atoms with Crippen molar-refractivity contribution in [3.63, 3.8) is 0 Å². The number of benzene rings is 2. The van der Waals surface area contributed by atoms with E-state index >= 15 is 0 Å². The van der Waals surface area contributed by atoms with Crippen molar-refractivity contribution in [3.05, 3.63) is 91.0 Å². The number of rotatable bonds is 9. The number of carbonyl (C=O) groups excluding carboxylic acids is 1. The largest absolute Gasteiger partial charge is 0.494 e. The summed E-state index contributed by atoms with van der Waals surface area (Å²) in [6.07, 6.45) is 7.35. The SMILES string of the molecule is CCCCOc1ccc(C(=O)Nc2ccc(Oc3cc(-n4cccc4)ncn3)cc2)cc1. The zero-order valence-corrected chi connectivity index (χ0v) is 17.8. The number of hydrogen-bond donors (Lipinski definition) is 1. The van der Waals surface area contributed by atoms with Gasteiger partial charge < -0.3 is 19.4 Å². The number of nitrogens with zero attached hydrogens (tertiary/aromatic N) is 3. The van der Waals surface area contributed by atoms with Gasteiger partial charge in [0.2, 0.25) is 5.88 Å². The Morgan fingerprint density at radius 3 is 2.41 bits per heavy atom. The predicted molar refractivity (Wildman–Crippen MR) is 123 cm³/mol.